The van der Waals surface area contributed by atoms with Gasteiger partial charge >= 0.3 is 12.0 Å². The molecule has 11 nitrogen and oxygen atoms in total. The Morgan fingerprint density at radius 2 is 1.73 bits per heavy atom. The average molecular weight is 607 g/mol. The summed E-state index contributed by atoms with van der Waals surface area (Å²) in [5.74, 6) is -1.71. The van der Waals surface area contributed by atoms with Crippen molar-refractivity contribution >= 4 is 29.4 Å². The molecular formula is C34H34N6O5. The van der Waals surface area contributed by atoms with Gasteiger partial charge in [0.1, 0.15) is 23.6 Å². The van der Waals surface area contributed by atoms with Crippen LogP contribution in [0.4, 0.5) is 16.3 Å². The van der Waals surface area contributed by atoms with Gasteiger partial charge in [-0.25, -0.2) is 19.7 Å². The fourth-order valence-corrected chi connectivity index (χ4v) is 6.25. The molecule has 0 aliphatic carbocycles. The van der Waals surface area contributed by atoms with Crippen LogP contribution in [0.5, 0.6) is 5.88 Å². The second kappa shape index (κ2) is 12.4. The number of hydrogen-bond acceptors (Lipinski definition) is 9. The SMILES string of the molecule is CCOC(=O)C1CN(Cc2ncccc2C)CCC12C(=O)N(c1ccc(-c3ccccc3)cc1)C(=O)N2c1cc(OC)ncn1. The summed E-state index contributed by atoms with van der Waals surface area (Å²) in [6.07, 6.45) is 3.17. The third-order valence-corrected chi connectivity index (χ3v) is 8.54. The summed E-state index contributed by atoms with van der Waals surface area (Å²) >= 11 is 0. The number of imide groups is 1. The van der Waals surface area contributed by atoms with Gasteiger partial charge in [0.05, 0.1) is 25.1 Å². The number of carbonyl (C=O) groups is 3. The molecule has 6 rings (SSSR count). The highest BCUT2D eigenvalue weighted by molar-refractivity contribution is 6.31. The Labute approximate surface area is 261 Å². The Bertz CT molecular complexity index is 1720. The number of pyridine rings is 1. The van der Waals surface area contributed by atoms with Crippen molar-refractivity contribution in [2.45, 2.75) is 32.4 Å². The number of methoxy groups -OCH3 is 1. The number of esters is 1. The lowest BCUT2D eigenvalue weighted by Gasteiger charge is -2.46. The van der Waals surface area contributed by atoms with E-state index in [-0.39, 0.29) is 31.3 Å². The van der Waals surface area contributed by atoms with Crippen LogP contribution in [0.25, 0.3) is 11.1 Å². The second-order valence-corrected chi connectivity index (χ2v) is 11.1. The van der Waals surface area contributed by atoms with Crippen molar-refractivity contribution in [2.75, 3.05) is 36.6 Å². The Morgan fingerprint density at radius 1 is 0.978 bits per heavy atom. The number of amides is 3. The van der Waals surface area contributed by atoms with E-state index in [1.165, 1.54) is 24.4 Å². The Balaban J connectivity index is 1.43. The van der Waals surface area contributed by atoms with E-state index in [2.05, 4.69) is 19.9 Å². The normalized spacial score (nSPS) is 20.1. The first kappa shape index (κ1) is 29.9. The molecule has 2 aromatic heterocycles. The highest BCUT2D eigenvalue weighted by Crippen LogP contribution is 2.46. The van der Waals surface area contributed by atoms with Crippen LogP contribution in [0, 0.1) is 12.8 Å². The van der Waals surface area contributed by atoms with E-state index in [4.69, 9.17) is 9.47 Å². The standard InChI is InChI=1S/C34H34N6O5/c1-4-45-31(41)27-20-38(21-28-23(2)9-8-17-35-28)18-16-34(27)32(42)39(33(43)40(34)29-19-30(44-3)37-22-36-29)26-14-12-25(13-15-26)24-10-6-5-7-11-24/h5-15,17,19,22,27H,4,16,18,20-21H2,1-3H3. The minimum atomic E-state index is -1.60. The number of benzene rings is 2. The summed E-state index contributed by atoms with van der Waals surface area (Å²) < 4.78 is 10.9. The zero-order chi connectivity index (χ0) is 31.6. The first-order valence-electron chi connectivity index (χ1n) is 14.9. The number of aryl methyl sites for hydroxylation is 1. The molecular weight excluding hydrogens is 572 g/mol. The summed E-state index contributed by atoms with van der Waals surface area (Å²) in [5, 5.41) is 0. The molecule has 0 radical (unpaired) electrons. The van der Waals surface area contributed by atoms with Gasteiger partial charge in [0.2, 0.25) is 5.88 Å². The van der Waals surface area contributed by atoms with Crippen LogP contribution >= 0.6 is 0 Å². The molecule has 4 heterocycles. The Morgan fingerprint density at radius 3 is 2.44 bits per heavy atom. The van der Waals surface area contributed by atoms with E-state index >= 15 is 0 Å². The van der Waals surface area contributed by atoms with E-state index < -0.39 is 29.4 Å². The number of nitrogens with zero attached hydrogens (tertiary/aromatic N) is 6. The topological polar surface area (TPSA) is 118 Å². The third kappa shape index (κ3) is 5.40. The monoisotopic (exact) mass is 606 g/mol. The molecule has 0 N–H and O–H groups in total. The van der Waals surface area contributed by atoms with Gasteiger partial charge in [0.15, 0.2) is 0 Å². The highest BCUT2D eigenvalue weighted by atomic mass is 16.5. The van der Waals surface area contributed by atoms with Crippen molar-refractivity contribution in [1.29, 1.82) is 0 Å². The fourth-order valence-electron chi connectivity index (χ4n) is 6.25. The Kier molecular flexibility index (Phi) is 8.27. The van der Waals surface area contributed by atoms with E-state index in [9.17, 15) is 14.4 Å². The van der Waals surface area contributed by atoms with E-state index in [0.717, 1.165) is 27.3 Å². The molecule has 230 valence electrons. The van der Waals surface area contributed by atoms with Crippen molar-refractivity contribution in [3.05, 3.63) is 96.6 Å². The van der Waals surface area contributed by atoms with Crippen LogP contribution in [-0.2, 0) is 20.9 Å². The molecule has 11 heteroatoms. The van der Waals surface area contributed by atoms with Gasteiger partial charge in [0.25, 0.3) is 5.91 Å². The molecule has 2 aromatic carbocycles. The minimum Gasteiger partial charge on any atom is -0.481 e. The molecule has 3 amide bonds. The predicted octanol–water partition coefficient (Wildman–Crippen LogP) is 4.65. The van der Waals surface area contributed by atoms with Crippen molar-refractivity contribution < 1.29 is 23.9 Å². The molecule has 2 atom stereocenters. The van der Waals surface area contributed by atoms with Gasteiger partial charge < -0.3 is 9.47 Å². The summed E-state index contributed by atoms with van der Waals surface area (Å²) in [4.78, 5) is 60.6. The first-order valence-corrected chi connectivity index (χ1v) is 14.9. The number of ether oxygens (including phenoxy) is 2. The molecule has 2 saturated heterocycles. The summed E-state index contributed by atoms with van der Waals surface area (Å²) in [6, 6.07) is 21.8. The van der Waals surface area contributed by atoms with Crippen LogP contribution in [0.1, 0.15) is 24.6 Å². The number of carbonyl (C=O) groups excluding carboxylic acids is 3. The lowest BCUT2D eigenvalue weighted by atomic mass is 9.76. The number of likely N-dealkylation sites (tertiary alicyclic amines) is 1. The number of rotatable bonds is 8. The zero-order valence-electron chi connectivity index (χ0n) is 25.4. The molecule has 0 bridgehead atoms. The molecule has 2 aliphatic heterocycles. The van der Waals surface area contributed by atoms with E-state index in [1.54, 1.807) is 25.3 Å². The number of urea groups is 1. The lowest BCUT2D eigenvalue weighted by Crippen LogP contribution is -2.65. The maximum Gasteiger partial charge on any atom is 0.338 e. The van der Waals surface area contributed by atoms with Gasteiger partial charge in [-0.2, -0.15) is 0 Å². The van der Waals surface area contributed by atoms with Crippen molar-refractivity contribution in [3.8, 4) is 17.0 Å². The maximum absolute atomic E-state index is 14.8. The molecule has 0 saturated carbocycles. The number of anilines is 2. The average Bonchev–Trinajstić information content (AvgIpc) is 3.28. The number of aromatic nitrogens is 3. The zero-order valence-corrected chi connectivity index (χ0v) is 25.4. The molecule has 2 unspecified atom stereocenters. The molecule has 1 spiro atoms. The summed E-state index contributed by atoms with van der Waals surface area (Å²) in [5.41, 5.74) is 2.64. The van der Waals surface area contributed by atoms with Gasteiger partial charge in [-0.05, 0) is 55.2 Å². The summed E-state index contributed by atoms with van der Waals surface area (Å²) in [6.45, 7) is 4.90. The highest BCUT2D eigenvalue weighted by Gasteiger charge is 2.66. The second-order valence-electron chi connectivity index (χ2n) is 11.1. The lowest BCUT2D eigenvalue weighted by molar-refractivity contribution is -0.155. The number of hydrogen-bond donors (Lipinski definition) is 0. The van der Waals surface area contributed by atoms with Crippen LogP contribution in [0.2, 0.25) is 0 Å². The van der Waals surface area contributed by atoms with Crippen molar-refractivity contribution in [2.24, 2.45) is 5.92 Å². The largest absolute Gasteiger partial charge is 0.481 e. The molecule has 45 heavy (non-hydrogen) atoms. The van der Waals surface area contributed by atoms with E-state index in [0.29, 0.717) is 18.8 Å². The van der Waals surface area contributed by atoms with Crippen LogP contribution in [-0.4, -0.2) is 70.1 Å². The minimum absolute atomic E-state index is 0.124. The molecule has 4 aromatic rings. The van der Waals surface area contributed by atoms with Crippen molar-refractivity contribution in [1.82, 2.24) is 19.9 Å². The predicted molar refractivity (Wildman–Crippen MR) is 168 cm³/mol. The van der Waals surface area contributed by atoms with Crippen LogP contribution in [0.15, 0.2) is 85.3 Å². The molecule has 2 aliphatic rings. The van der Waals surface area contributed by atoms with Crippen LogP contribution in [0.3, 0.4) is 0 Å². The Hall–Kier alpha value is -5.16. The van der Waals surface area contributed by atoms with Crippen molar-refractivity contribution in [3.63, 3.8) is 0 Å². The smallest absolute Gasteiger partial charge is 0.338 e. The van der Waals surface area contributed by atoms with Gasteiger partial charge in [0, 0.05) is 31.9 Å². The maximum atomic E-state index is 14.8. The van der Waals surface area contributed by atoms with Crippen LogP contribution < -0.4 is 14.5 Å². The fraction of sp³-hybridized carbons (Fsp3) is 0.294. The number of piperidine rings is 1. The first-order chi connectivity index (χ1) is 21.9. The van der Waals surface area contributed by atoms with Gasteiger partial charge in [-0.1, -0.05) is 48.5 Å². The van der Waals surface area contributed by atoms with Gasteiger partial charge in [-0.15, -0.1) is 0 Å². The quantitative estimate of drug-likeness (QED) is 0.209. The molecule has 2 fully saturated rings. The van der Waals surface area contributed by atoms with Gasteiger partial charge in [-0.3, -0.25) is 24.4 Å². The third-order valence-electron chi connectivity index (χ3n) is 8.54. The van der Waals surface area contributed by atoms with E-state index in [1.807, 2.05) is 61.5 Å². The summed E-state index contributed by atoms with van der Waals surface area (Å²) in [7, 11) is 1.46.